The van der Waals surface area contributed by atoms with E-state index < -0.39 is 5.97 Å². The highest BCUT2D eigenvalue weighted by Gasteiger charge is 2.15. The molecule has 0 bridgehead atoms. The van der Waals surface area contributed by atoms with Gasteiger partial charge in [0.2, 0.25) is 5.01 Å². The summed E-state index contributed by atoms with van der Waals surface area (Å²) in [5.74, 6) is -0.0288. The van der Waals surface area contributed by atoms with Crippen molar-refractivity contribution in [3.8, 4) is 0 Å². The van der Waals surface area contributed by atoms with Crippen LogP contribution in [0.2, 0.25) is 0 Å². The Hall–Kier alpha value is -1.43. The zero-order chi connectivity index (χ0) is 14.3. The standard InChI is InChI=1S/C13H20N2O3S/c1-4-18-13(17)12-15-8-10(19-12)11(16)14-7-5-6-9(2)3/h8-9H,4-7H2,1-3H3,(H,14,16). The van der Waals surface area contributed by atoms with Crippen molar-refractivity contribution in [2.24, 2.45) is 5.92 Å². The van der Waals surface area contributed by atoms with Gasteiger partial charge in [0.25, 0.3) is 5.91 Å². The summed E-state index contributed by atoms with van der Waals surface area (Å²) in [4.78, 5) is 27.5. The van der Waals surface area contributed by atoms with Gasteiger partial charge in [-0.2, -0.15) is 0 Å². The third kappa shape index (κ3) is 5.38. The molecular weight excluding hydrogens is 264 g/mol. The molecule has 0 saturated carbocycles. The average Bonchev–Trinajstić information content (AvgIpc) is 2.84. The van der Waals surface area contributed by atoms with Gasteiger partial charge in [0.15, 0.2) is 0 Å². The summed E-state index contributed by atoms with van der Waals surface area (Å²) < 4.78 is 4.82. The molecule has 0 spiro atoms. The maximum Gasteiger partial charge on any atom is 0.367 e. The highest BCUT2D eigenvalue weighted by Crippen LogP contribution is 2.14. The topological polar surface area (TPSA) is 68.3 Å². The number of hydrogen-bond donors (Lipinski definition) is 1. The number of nitrogens with zero attached hydrogens (tertiary/aromatic N) is 1. The second-order valence-corrected chi connectivity index (χ2v) is 5.57. The van der Waals surface area contributed by atoms with Crippen LogP contribution in [-0.2, 0) is 4.74 Å². The van der Waals surface area contributed by atoms with Crippen LogP contribution in [0, 0.1) is 5.92 Å². The van der Waals surface area contributed by atoms with E-state index in [1.807, 2.05) is 0 Å². The lowest BCUT2D eigenvalue weighted by atomic mass is 10.1. The van der Waals surface area contributed by atoms with Crippen molar-refractivity contribution < 1.29 is 14.3 Å². The summed E-state index contributed by atoms with van der Waals surface area (Å²) in [6, 6.07) is 0. The second-order valence-electron chi connectivity index (χ2n) is 4.54. The van der Waals surface area contributed by atoms with E-state index in [1.165, 1.54) is 6.20 Å². The fourth-order valence-electron chi connectivity index (χ4n) is 1.47. The van der Waals surface area contributed by atoms with Gasteiger partial charge in [0, 0.05) is 6.54 Å². The minimum atomic E-state index is -0.480. The van der Waals surface area contributed by atoms with Gasteiger partial charge >= 0.3 is 5.97 Å². The minimum absolute atomic E-state index is 0.184. The van der Waals surface area contributed by atoms with E-state index in [2.05, 4.69) is 24.1 Å². The van der Waals surface area contributed by atoms with Gasteiger partial charge in [-0.05, 0) is 25.7 Å². The van der Waals surface area contributed by atoms with Crippen molar-refractivity contribution in [2.45, 2.75) is 33.6 Å². The highest BCUT2D eigenvalue weighted by molar-refractivity contribution is 7.15. The SMILES string of the molecule is CCOC(=O)c1ncc(C(=O)NCCCC(C)C)s1. The molecular formula is C13H20N2O3S. The predicted molar refractivity (Wildman–Crippen MR) is 74.5 cm³/mol. The Bertz CT molecular complexity index is 429. The smallest absolute Gasteiger partial charge is 0.367 e. The van der Waals surface area contributed by atoms with Gasteiger partial charge in [-0.15, -0.1) is 11.3 Å². The highest BCUT2D eigenvalue weighted by atomic mass is 32.1. The van der Waals surface area contributed by atoms with Crippen molar-refractivity contribution >= 4 is 23.2 Å². The summed E-state index contributed by atoms with van der Waals surface area (Å²) in [5, 5.41) is 3.03. The number of carbonyl (C=O) groups is 2. The van der Waals surface area contributed by atoms with Gasteiger partial charge in [-0.3, -0.25) is 4.79 Å². The number of thiazole rings is 1. The number of hydrogen-bond acceptors (Lipinski definition) is 5. The first-order valence-electron chi connectivity index (χ1n) is 6.45. The molecule has 1 aromatic rings. The molecule has 1 heterocycles. The Morgan fingerprint density at radius 1 is 1.47 bits per heavy atom. The van der Waals surface area contributed by atoms with Crippen molar-refractivity contribution in [3.63, 3.8) is 0 Å². The second kappa shape index (κ2) is 7.89. The van der Waals surface area contributed by atoms with Crippen LogP contribution in [0.25, 0.3) is 0 Å². The molecule has 0 atom stereocenters. The first-order chi connectivity index (χ1) is 9.04. The quantitative estimate of drug-likeness (QED) is 0.617. The van der Waals surface area contributed by atoms with Crippen LogP contribution in [0.15, 0.2) is 6.20 Å². The monoisotopic (exact) mass is 284 g/mol. The third-order valence-electron chi connectivity index (χ3n) is 2.42. The van der Waals surface area contributed by atoms with Crippen LogP contribution in [0.1, 0.15) is 53.1 Å². The van der Waals surface area contributed by atoms with E-state index in [0.29, 0.717) is 23.9 Å². The van der Waals surface area contributed by atoms with Crippen LogP contribution in [0.4, 0.5) is 0 Å². The van der Waals surface area contributed by atoms with Crippen LogP contribution in [0.5, 0.6) is 0 Å². The molecule has 0 aliphatic heterocycles. The van der Waals surface area contributed by atoms with E-state index in [9.17, 15) is 9.59 Å². The Morgan fingerprint density at radius 3 is 2.84 bits per heavy atom. The lowest BCUT2D eigenvalue weighted by Crippen LogP contribution is -2.23. The summed E-state index contributed by atoms with van der Waals surface area (Å²) in [7, 11) is 0. The van der Waals surface area contributed by atoms with E-state index >= 15 is 0 Å². The lowest BCUT2D eigenvalue weighted by molar-refractivity contribution is 0.0526. The largest absolute Gasteiger partial charge is 0.461 e. The Balaban J connectivity index is 2.43. The predicted octanol–water partition coefficient (Wildman–Crippen LogP) is 2.49. The fourth-order valence-corrected chi connectivity index (χ4v) is 2.19. The van der Waals surface area contributed by atoms with Crippen LogP contribution in [-0.4, -0.2) is 30.0 Å². The van der Waals surface area contributed by atoms with Gasteiger partial charge in [0.05, 0.1) is 12.8 Å². The summed E-state index contributed by atoms with van der Waals surface area (Å²) in [6.45, 7) is 6.97. The van der Waals surface area contributed by atoms with E-state index in [-0.39, 0.29) is 10.9 Å². The zero-order valence-corrected chi connectivity index (χ0v) is 12.4. The van der Waals surface area contributed by atoms with Crippen molar-refractivity contribution in [1.29, 1.82) is 0 Å². The number of nitrogens with one attached hydrogen (secondary N) is 1. The molecule has 106 valence electrons. The molecule has 0 radical (unpaired) electrons. The molecule has 0 fully saturated rings. The normalized spacial score (nSPS) is 10.5. The molecule has 0 saturated heterocycles. The average molecular weight is 284 g/mol. The Morgan fingerprint density at radius 2 is 2.21 bits per heavy atom. The van der Waals surface area contributed by atoms with E-state index in [0.717, 1.165) is 24.2 Å². The molecule has 0 aliphatic rings. The first-order valence-corrected chi connectivity index (χ1v) is 7.27. The molecule has 5 nitrogen and oxygen atoms in total. The molecule has 0 aromatic carbocycles. The van der Waals surface area contributed by atoms with Crippen molar-refractivity contribution in [3.05, 3.63) is 16.1 Å². The number of esters is 1. The van der Waals surface area contributed by atoms with Crippen LogP contribution < -0.4 is 5.32 Å². The van der Waals surface area contributed by atoms with Crippen molar-refractivity contribution in [1.82, 2.24) is 10.3 Å². The van der Waals surface area contributed by atoms with Gasteiger partial charge in [0.1, 0.15) is 4.88 Å². The van der Waals surface area contributed by atoms with Crippen LogP contribution in [0.3, 0.4) is 0 Å². The maximum absolute atomic E-state index is 11.8. The molecule has 1 rings (SSSR count). The lowest BCUT2D eigenvalue weighted by Gasteiger charge is -2.05. The summed E-state index contributed by atoms with van der Waals surface area (Å²) in [5.41, 5.74) is 0. The third-order valence-corrected chi connectivity index (χ3v) is 3.40. The molecule has 6 heteroatoms. The van der Waals surface area contributed by atoms with Gasteiger partial charge < -0.3 is 10.1 Å². The van der Waals surface area contributed by atoms with Gasteiger partial charge in [-0.1, -0.05) is 13.8 Å². The molecule has 0 unspecified atom stereocenters. The van der Waals surface area contributed by atoms with Crippen molar-refractivity contribution in [2.75, 3.05) is 13.2 Å². The Kier molecular flexibility index (Phi) is 6.49. The number of ether oxygens (including phenoxy) is 1. The van der Waals surface area contributed by atoms with E-state index in [4.69, 9.17) is 4.74 Å². The molecule has 19 heavy (non-hydrogen) atoms. The Labute approximate surface area is 117 Å². The number of rotatable bonds is 7. The fraction of sp³-hybridized carbons (Fsp3) is 0.615. The molecule has 1 N–H and O–H groups in total. The van der Waals surface area contributed by atoms with E-state index in [1.54, 1.807) is 6.92 Å². The number of aromatic nitrogens is 1. The zero-order valence-electron chi connectivity index (χ0n) is 11.6. The summed E-state index contributed by atoms with van der Waals surface area (Å²) in [6.07, 6.45) is 3.44. The van der Waals surface area contributed by atoms with Gasteiger partial charge in [-0.25, -0.2) is 9.78 Å². The molecule has 1 amide bonds. The minimum Gasteiger partial charge on any atom is -0.461 e. The van der Waals surface area contributed by atoms with Crippen LogP contribution >= 0.6 is 11.3 Å². The molecule has 0 aliphatic carbocycles. The number of amides is 1. The first kappa shape index (κ1) is 15.6. The number of carbonyl (C=O) groups excluding carboxylic acids is 2. The maximum atomic E-state index is 11.8. The molecule has 1 aromatic heterocycles. The summed E-state index contributed by atoms with van der Waals surface area (Å²) >= 11 is 1.06.